The first-order valence-electron chi connectivity index (χ1n) is 10.5. The van der Waals surface area contributed by atoms with E-state index in [0.717, 1.165) is 47.9 Å². The molecule has 158 valence electrons. The van der Waals surface area contributed by atoms with Gasteiger partial charge in [-0.15, -0.1) is 0 Å². The molecule has 1 aliphatic rings. The number of aromatic amines is 1. The maximum atomic E-state index is 6.06. The summed E-state index contributed by atoms with van der Waals surface area (Å²) in [5, 5.41) is 8.15. The first-order valence-corrected chi connectivity index (χ1v) is 10.5. The van der Waals surface area contributed by atoms with Crippen LogP contribution in [0.25, 0.3) is 22.2 Å². The van der Waals surface area contributed by atoms with Crippen LogP contribution in [0.1, 0.15) is 17.4 Å². The molecular formula is C24H26N6O. The quantitative estimate of drug-likeness (QED) is 0.537. The van der Waals surface area contributed by atoms with Crippen molar-refractivity contribution in [2.24, 2.45) is 0 Å². The van der Waals surface area contributed by atoms with Crippen molar-refractivity contribution < 1.29 is 4.74 Å². The summed E-state index contributed by atoms with van der Waals surface area (Å²) in [5.74, 6) is 1.02. The number of anilines is 1. The lowest BCUT2D eigenvalue weighted by Crippen LogP contribution is -2.38. The molecule has 4 aromatic rings. The van der Waals surface area contributed by atoms with E-state index < -0.39 is 0 Å². The minimum Gasteiger partial charge on any atom is -0.369 e. The first-order chi connectivity index (χ1) is 15.2. The minimum absolute atomic E-state index is 0.0409. The van der Waals surface area contributed by atoms with Crippen LogP contribution >= 0.6 is 0 Å². The number of para-hydroxylation sites is 1. The van der Waals surface area contributed by atoms with Gasteiger partial charge in [0.25, 0.3) is 0 Å². The van der Waals surface area contributed by atoms with Gasteiger partial charge in [0.05, 0.1) is 23.5 Å². The lowest BCUT2D eigenvalue weighted by molar-refractivity contribution is -0.0349. The molecule has 0 bridgehead atoms. The number of rotatable bonds is 5. The highest BCUT2D eigenvalue weighted by atomic mass is 16.5. The monoisotopic (exact) mass is 414 g/mol. The van der Waals surface area contributed by atoms with Crippen LogP contribution in [-0.2, 0) is 11.3 Å². The fraction of sp³-hybridized carbons (Fsp3) is 0.292. The molecule has 0 spiro atoms. The summed E-state index contributed by atoms with van der Waals surface area (Å²) in [6, 6.07) is 16.6. The van der Waals surface area contributed by atoms with Crippen LogP contribution in [0, 0.1) is 0 Å². The Morgan fingerprint density at radius 1 is 1.16 bits per heavy atom. The molecule has 0 unspecified atom stereocenters. The normalized spacial score (nSPS) is 17.2. The van der Waals surface area contributed by atoms with Crippen molar-refractivity contribution in [2.75, 3.05) is 38.7 Å². The summed E-state index contributed by atoms with van der Waals surface area (Å²) in [6.45, 7) is 3.21. The number of benzene rings is 1. The van der Waals surface area contributed by atoms with E-state index in [1.807, 2.05) is 38.5 Å². The summed E-state index contributed by atoms with van der Waals surface area (Å²) >= 11 is 0. The molecule has 1 fully saturated rings. The smallest absolute Gasteiger partial charge is 0.133 e. The van der Waals surface area contributed by atoms with Crippen molar-refractivity contribution in [3.05, 3.63) is 72.2 Å². The second-order valence-electron chi connectivity index (χ2n) is 8.09. The molecule has 31 heavy (non-hydrogen) atoms. The molecule has 0 radical (unpaired) electrons. The Morgan fingerprint density at radius 3 is 2.84 bits per heavy atom. The summed E-state index contributed by atoms with van der Waals surface area (Å²) in [4.78, 5) is 14.1. The van der Waals surface area contributed by atoms with E-state index in [1.54, 1.807) is 6.20 Å². The number of hydrogen-bond acceptors (Lipinski definition) is 6. The highest BCUT2D eigenvalue weighted by Crippen LogP contribution is 2.27. The molecule has 7 heteroatoms. The van der Waals surface area contributed by atoms with Crippen LogP contribution in [0.4, 0.5) is 5.82 Å². The molecule has 1 aromatic carbocycles. The number of ether oxygens (including phenoxy) is 1. The number of nitrogens with zero attached hydrogens (tertiary/aromatic N) is 5. The fourth-order valence-electron chi connectivity index (χ4n) is 4.09. The number of pyridine rings is 2. The largest absolute Gasteiger partial charge is 0.369 e. The van der Waals surface area contributed by atoms with Crippen LogP contribution in [0.15, 0.2) is 60.9 Å². The summed E-state index contributed by atoms with van der Waals surface area (Å²) in [5.41, 5.74) is 5.19. The first kappa shape index (κ1) is 19.7. The van der Waals surface area contributed by atoms with E-state index in [1.165, 1.54) is 10.9 Å². The Labute approximate surface area is 181 Å². The third-order valence-corrected chi connectivity index (χ3v) is 5.68. The molecule has 0 saturated carbocycles. The number of hydrogen-bond donors (Lipinski definition) is 1. The third-order valence-electron chi connectivity index (χ3n) is 5.68. The van der Waals surface area contributed by atoms with E-state index >= 15 is 0 Å². The van der Waals surface area contributed by atoms with Crippen LogP contribution < -0.4 is 4.90 Å². The van der Waals surface area contributed by atoms with Crippen LogP contribution in [0.2, 0.25) is 0 Å². The minimum atomic E-state index is -0.0409. The zero-order chi connectivity index (χ0) is 21.2. The van der Waals surface area contributed by atoms with Gasteiger partial charge in [-0.1, -0.05) is 18.2 Å². The van der Waals surface area contributed by atoms with E-state index in [2.05, 4.69) is 55.3 Å². The van der Waals surface area contributed by atoms with Gasteiger partial charge < -0.3 is 9.64 Å². The van der Waals surface area contributed by atoms with Gasteiger partial charge >= 0.3 is 0 Å². The zero-order valence-corrected chi connectivity index (χ0v) is 17.8. The molecule has 1 atom stereocenters. The lowest BCUT2D eigenvalue weighted by Gasteiger charge is -2.33. The van der Waals surface area contributed by atoms with Crippen LogP contribution in [0.3, 0.4) is 0 Å². The molecule has 0 amide bonds. The topological polar surface area (TPSA) is 70.2 Å². The zero-order valence-electron chi connectivity index (χ0n) is 17.8. The van der Waals surface area contributed by atoms with Crippen LogP contribution in [0.5, 0.6) is 0 Å². The van der Waals surface area contributed by atoms with Gasteiger partial charge in [0.2, 0.25) is 0 Å². The summed E-state index contributed by atoms with van der Waals surface area (Å²) in [7, 11) is 4.10. The Morgan fingerprint density at radius 2 is 2.06 bits per heavy atom. The van der Waals surface area contributed by atoms with Crippen molar-refractivity contribution in [1.82, 2.24) is 25.1 Å². The van der Waals surface area contributed by atoms with E-state index in [0.29, 0.717) is 6.61 Å². The fourth-order valence-corrected chi connectivity index (χ4v) is 4.09. The SMILES string of the molecule is CN(C)c1nc2ccccc2cc1CN1CCO[C@H](c2ccc(-c3ccn[nH]3)cn2)C1. The highest BCUT2D eigenvalue weighted by Gasteiger charge is 2.24. The van der Waals surface area contributed by atoms with E-state index in [4.69, 9.17) is 9.72 Å². The van der Waals surface area contributed by atoms with Crippen LogP contribution in [-0.4, -0.2) is 58.9 Å². The van der Waals surface area contributed by atoms with Gasteiger partial charge in [-0.25, -0.2) is 4.98 Å². The molecule has 1 saturated heterocycles. The average Bonchev–Trinajstić information content (AvgIpc) is 3.34. The Bertz CT molecular complexity index is 1160. The predicted octanol–water partition coefficient (Wildman–Crippen LogP) is 3.66. The van der Waals surface area contributed by atoms with Crippen molar-refractivity contribution >= 4 is 16.7 Å². The molecule has 3 aromatic heterocycles. The Hall–Kier alpha value is -3.29. The predicted molar refractivity (Wildman–Crippen MR) is 122 cm³/mol. The van der Waals surface area contributed by atoms with Gasteiger partial charge in [-0.3, -0.25) is 15.0 Å². The number of nitrogens with one attached hydrogen (secondary N) is 1. The molecule has 1 N–H and O–H groups in total. The second kappa shape index (κ2) is 8.45. The van der Waals surface area contributed by atoms with Crippen molar-refractivity contribution in [3.63, 3.8) is 0 Å². The maximum absolute atomic E-state index is 6.06. The summed E-state index contributed by atoms with van der Waals surface area (Å²) in [6.07, 6.45) is 3.58. The molecule has 0 aliphatic carbocycles. The molecular weight excluding hydrogens is 388 g/mol. The number of fused-ring (bicyclic) bond motifs is 1. The van der Waals surface area contributed by atoms with E-state index in [-0.39, 0.29) is 6.10 Å². The molecule has 1 aliphatic heterocycles. The van der Waals surface area contributed by atoms with Gasteiger partial charge in [0.1, 0.15) is 11.9 Å². The second-order valence-corrected chi connectivity index (χ2v) is 8.09. The van der Waals surface area contributed by atoms with Gasteiger partial charge in [0, 0.05) is 62.6 Å². The average molecular weight is 415 g/mol. The third kappa shape index (κ3) is 4.15. The van der Waals surface area contributed by atoms with Gasteiger partial charge in [0.15, 0.2) is 0 Å². The Balaban J connectivity index is 1.34. The van der Waals surface area contributed by atoms with Gasteiger partial charge in [-0.2, -0.15) is 5.10 Å². The maximum Gasteiger partial charge on any atom is 0.133 e. The molecule has 7 nitrogen and oxygen atoms in total. The summed E-state index contributed by atoms with van der Waals surface area (Å²) < 4.78 is 6.06. The van der Waals surface area contributed by atoms with Crippen molar-refractivity contribution in [3.8, 4) is 11.3 Å². The van der Waals surface area contributed by atoms with Gasteiger partial charge in [-0.05, 0) is 30.3 Å². The molecule has 5 rings (SSSR count). The van der Waals surface area contributed by atoms with Crippen molar-refractivity contribution in [1.29, 1.82) is 0 Å². The Kier molecular flexibility index (Phi) is 5.36. The van der Waals surface area contributed by atoms with E-state index in [9.17, 15) is 0 Å². The lowest BCUT2D eigenvalue weighted by atomic mass is 10.1. The van der Waals surface area contributed by atoms with Crippen molar-refractivity contribution in [2.45, 2.75) is 12.6 Å². The number of morpholine rings is 1. The number of aromatic nitrogens is 4. The number of H-pyrrole nitrogens is 1. The molecule has 4 heterocycles. The standard InChI is InChI=1S/C24H26N6O/c1-29(2)24-19(13-17-5-3-4-6-20(17)27-24)15-30-11-12-31-23(16-30)22-8-7-18(14-25-22)21-9-10-26-28-21/h3-10,13-14,23H,11-12,15-16H2,1-2H3,(H,26,28)/t23-/m0/s1. The highest BCUT2D eigenvalue weighted by molar-refractivity contribution is 5.81.